The lowest BCUT2D eigenvalue weighted by atomic mass is 10.3. The van der Waals surface area contributed by atoms with E-state index in [4.69, 9.17) is 5.73 Å². The van der Waals surface area contributed by atoms with Gasteiger partial charge in [0.05, 0.1) is 12.7 Å². The Morgan fingerprint density at radius 2 is 2.00 bits per heavy atom. The van der Waals surface area contributed by atoms with E-state index in [1.807, 2.05) is 0 Å². The summed E-state index contributed by atoms with van der Waals surface area (Å²) < 4.78 is 61.8. The van der Waals surface area contributed by atoms with Gasteiger partial charge < -0.3 is 15.6 Å². The third-order valence-electron chi connectivity index (χ3n) is 2.31. The standard InChI is InChI=1S/C9H11F5N4O/c1-5-16-2-6(15)18(5)3-7(19)17-4-8(10,11)9(12,13)14/h2H,3-4,15H2,1H3,(H,17,19). The number of amides is 1. The lowest BCUT2D eigenvalue weighted by Gasteiger charge is -2.20. The largest absolute Gasteiger partial charge is 0.455 e. The Morgan fingerprint density at radius 3 is 2.42 bits per heavy atom. The van der Waals surface area contributed by atoms with Gasteiger partial charge in [-0.3, -0.25) is 4.79 Å². The summed E-state index contributed by atoms with van der Waals surface area (Å²) in [5, 5.41) is 1.51. The fraction of sp³-hybridized carbons (Fsp3) is 0.556. The average molecular weight is 286 g/mol. The number of alkyl halides is 5. The van der Waals surface area contributed by atoms with Crippen LogP contribution < -0.4 is 11.1 Å². The van der Waals surface area contributed by atoms with Crippen LogP contribution in [0.25, 0.3) is 0 Å². The lowest BCUT2D eigenvalue weighted by molar-refractivity contribution is -0.278. The molecule has 1 rings (SSSR count). The minimum absolute atomic E-state index is 0.107. The van der Waals surface area contributed by atoms with Gasteiger partial charge >= 0.3 is 12.1 Å². The summed E-state index contributed by atoms with van der Waals surface area (Å²) in [5.74, 6) is -5.54. The molecule has 0 atom stereocenters. The van der Waals surface area contributed by atoms with Gasteiger partial charge in [-0.15, -0.1) is 0 Å². The van der Waals surface area contributed by atoms with E-state index >= 15 is 0 Å². The second-order valence-corrected chi connectivity index (χ2v) is 3.80. The van der Waals surface area contributed by atoms with Crippen LogP contribution in [0.3, 0.4) is 0 Å². The quantitative estimate of drug-likeness (QED) is 0.814. The molecule has 0 bridgehead atoms. The van der Waals surface area contributed by atoms with E-state index in [1.54, 1.807) is 0 Å². The predicted molar refractivity (Wildman–Crippen MR) is 55.4 cm³/mol. The molecule has 1 amide bonds. The number of aryl methyl sites for hydroxylation is 1. The van der Waals surface area contributed by atoms with Crippen molar-refractivity contribution in [2.75, 3.05) is 12.3 Å². The zero-order chi connectivity index (χ0) is 14.8. The number of rotatable bonds is 4. The van der Waals surface area contributed by atoms with Gasteiger partial charge in [0.1, 0.15) is 18.2 Å². The number of imidazole rings is 1. The smallest absolute Gasteiger partial charge is 0.384 e. The average Bonchev–Trinajstić information content (AvgIpc) is 2.57. The van der Waals surface area contributed by atoms with E-state index in [9.17, 15) is 26.7 Å². The number of hydrogen-bond acceptors (Lipinski definition) is 3. The van der Waals surface area contributed by atoms with E-state index in [-0.39, 0.29) is 5.82 Å². The molecule has 10 heteroatoms. The van der Waals surface area contributed by atoms with Crippen molar-refractivity contribution in [2.45, 2.75) is 25.6 Å². The zero-order valence-corrected chi connectivity index (χ0v) is 9.76. The molecule has 0 saturated carbocycles. The maximum atomic E-state index is 12.5. The number of hydrogen-bond donors (Lipinski definition) is 2. The molecule has 0 saturated heterocycles. The van der Waals surface area contributed by atoms with Crippen molar-refractivity contribution in [3.05, 3.63) is 12.0 Å². The Hall–Kier alpha value is -1.87. The van der Waals surface area contributed by atoms with Gasteiger partial charge in [-0.25, -0.2) is 4.98 Å². The highest BCUT2D eigenvalue weighted by Gasteiger charge is 2.57. The summed E-state index contributed by atoms with van der Waals surface area (Å²) in [6.45, 7) is -0.789. The van der Waals surface area contributed by atoms with Crippen LogP contribution in [0.4, 0.5) is 27.8 Å². The molecule has 0 aromatic carbocycles. The van der Waals surface area contributed by atoms with Crippen molar-refractivity contribution in [1.29, 1.82) is 0 Å². The van der Waals surface area contributed by atoms with Crippen molar-refractivity contribution < 1.29 is 26.7 Å². The number of anilines is 1. The summed E-state index contributed by atoms with van der Waals surface area (Å²) in [6, 6.07) is 0. The van der Waals surface area contributed by atoms with Crippen LogP contribution in [0.1, 0.15) is 5.82 Å². The summed E-state index contributed by atoms with van der Waals surface area (Å²) in [7, 11) is 0. The molecule has 0 aliphatic heterocycles. The molecule has 5 nitrogen and oxygen atoms in total. The molecule has 0 aliphatic rings. The first-order chi connectivity index (χ1) is 8.54. The number of carbonyl (C=O) groups excluding carboxylic acids is 1. The maximum absolute atomic E-state index is 12.5. The van der Waals surface area contributed by atoms with Crippen LogP contribution in [0.2, 0.25) is 0 Å². The van der Waals surface area contributed by atoms with Gasteiger partial charge in [-0.1, -0.05) is 0 Å². The van der Waals surface area contributed by atoms with E-state index in [0.29, 0.717) is 5.82 Å². The fourth-order valence-electron chi connectivity index (χ4n) is 1.20. The molecule has 19 heavy (non-hydrogen) atoms. The molecule has 1 aromatic heterocycles. The van der Waals surface area contributed by atoms with Crippen LogP contribution in [-0.4, -0.2) is 34.1 Å². The van der Waals surface area contributed by atoms with Crippen molar-refractivity contribution in [3.63, 3.8) is 0 Å². The van der Waals surface area contributed by atoms with Crippen LogP contribution in [0.15, 0.2) is 6.20 Å². The molecule has 0 unspecified atom stereocenters. The minimum atomic E-state index is -5.70. The second kappa shape index (κ2) is 5.02. The first-order valence-electron chi connectivity index (χ1n) is 5.03. The first-order valence-corrected chi connectivity index (χ1v) is 5.03. The van der Waals surface area contributed by atoms with Crippen LogP contribution in [-0.2, 0) is 11.3 Å². The number of nitrogens with zero attached hydrogens (tertiary/aromatic N) is 2. The molecule has 0 aliphatic carbocycles. The van der Waals surface area contributed by atoms with Crippen molar-refractivity contribution in [2.24, 2.45) is 0 Å². The van der Waals surface area contributed by atoms with E-state index < -0.39 is 31.1 Å². The zero-order valence-electron chi connectivity index (χ0n) is 9.76. The molecule has 108 valence electrons. The minimum Gasteiger partial charge on any atom is -0.384 e. The highest BCUT2D eigenvalue weighted by molar-refractivity contribution is 5.76. The van der Waals surface area contributed by atoms with Crippen LogP contribution in [0.5, 0.6) is 0 Å². The Balaban J connectivity index is 2.59. The highest BCUT2D eigenvalue weighted by atomic mass is 19.4. The fourth-order valence-corrected chi connectivity index (χ4v) is 1.20. The highest BCUT2D eigenvalue weighted by Crippen LogP contribution is 2.34. The Kier molecular flexibility index (Phi) is 4.01. The summed E-state index contributed by atoms with van der Waals surface area (Å²) in [5.41, 5.74) is 5.43. The molecule has 0 spiro atoms. The Bertz CT molecular complexity index is 448. The number of aromatic nitrogens is 2. The summed E-state index contributed by atoms with van der Waals surface area (Å²) >= 11 is 0. The number of halogens is 5. The van der Waals surface area contributed by atoms with Gasteiger partial charge in [0.25, 0.3) is 0 Å². The number of nitrogen functional groups attached to an aromatic ring is 1. The Labute approximate surface area is 104 Å². The van der Waals surface area contributed by atoms with Gasteiger partial charge in [0.15, 0.2) is 0 Å². The van der Waals surface area contributed by atoms with Crippen molar-refractivity contribution in [3.8, 4) is 0 Å². The van der Waals surface area contributed by atoms with Crippen molar-refractivity contribution in [1.82, 2.24) is 14.9 Å². The molecule has 0 radical (unpaired) electrons. The van der Waals surface area contributed by atoms with Crippen LogP contribution in [0, 0.1) is 6.92 Å². The van der Waals surface area contributed by atoms with Gasteiger partial charge in [0.2, 0.25) is 5.91 Å². The molecule has 0 fully saturated rings. The van der Waals surface area contributed by atoms with E-state index in [0.717, 1.165) is 0 Å². The second-order valence-electron chi connectivity index (χ2n) is 3.80. The SMILES string of the molecule is Cc1ncc(N)n1CC(=O)NCC(F)(F)C(F)(F)F. The van der Waals surface area contributed by atoms with E-state index in [1.165, 1.54) is 23.0 Å². The maximum Gasteiger partial charge on any atom is 0.455 e. The molecular weight excluding hydrogens is 275 g/mol. The van der Waals surface area contributed by atoms with Gasteiger partial charge in [-0.05, 0) is 6.92 Å². The third-order valence-corrected chi connectivity index (χ3v) is 2.31. The molecule has 1 aromatic rings. The summed E-state index contributed by atoms with van der Waals surface area (Å²) in [4.78, 5) is 15.0. The third kappa shape index (κ3) is 3.55. The summed E-state index contributed by atoms with van der Waals surface area (Å²) in [6.07, 6.45) is -4.46. The molecule has 3 N–H and O–H groups in total. The van der Waals surface area contributed by atoms with Crippen molar-refractivity contribution >= 4 is 11.7 Å². The number of nitrogens with one attached hydrogen (secondary N) is 1. The number of nitrogens with two attached hydrogens (primary N) is 1. The monoisotopic (exact) mass is 286 g/mol. The van der Waals surface area contributed by atoms with Gasteiger partial charge in [-0.2, -0.15) is 22.0 Å². The lowest BCUT2D eigenvalue weighted by Crippen LogP contribution is -2.47. The first kappa shape index (κ1) is 15.2. The topological polar surface area (TPSA) is 72.9 Å². The number of carbonyl (C=O) groups is 1. The Morgan fingerprint density at radius 1 is 1.42 bits per heavy atom. The molecular formula is C9H11F5N4O. The van der Waals surface area contributed by atoms with E-state index in [2.05, 4.69) is 4.98 Å². The van der Waals surface area contributed by atoms with Gasteiger partial charge in [0, 0.05) is 0 Å². The normalized spacial score (nSPS) is 12.5. The van der Waals surface area contributed by atoms with Crippen LogP contribution >= 0.6 is 0 Å². The predicted octanol–water partition coefficient (Wildman–Crippen LogP) is 1.09. The molecule has 1 heterocycles.